The number of likely N-dealkylation sites (tertiary alicyclic amines) is 1. The molecule has 0 spiro atoms. The van der Waals surface area contributed by atoms with Gasteiger partial charge in [0.2, 0.25) is 5.91 Å². The van der Waals surface area contributed by atoms with E-state index in [0.717, 1.165) is 5.56 Å². The van der Waals surface area contributed by atoms with E-state index in [1.807, 2.05) is 12.1 Å². The minimum Gasteiger partial charge on any atom is -0.496 e. The van der Waals surface area contributed by atoms with Crippen molar-refractivity contribution < 1.29 is 24.5 Å². The van der Waals surface area contributed by atoms with Crippen LogP contribution in [0.1, 0.15) is 12.0 Å². The first-order valence-electron chi connectivity index (χ1n) is 6.55. The normalized spacial score (nSPS) is 21.7. The van der Waals surface area contributed by atoms with E-state index in [4.69, 9.17) is 9.84 Å². The zero-order chi connectivity index (χ0) is 15.4. The fourth-order valence-electron chi connectivity index (χ4n) is 2.35. The molecule has 0 radical (unpaired) electrons. The lowest BCUT2D eigenvalue weighted by molar-refractivity contribution is -0.146. The summed E-state index contributed by atoms with van der Waals surface area (Å²) in [7, 11) is 1.53. The number of aliphatic hydroxyl groups excluding tert-OH is 1. The first-order chi connectivity index (χ1) is 10.0. The van der Waals surface area contributed by atoms with Gasteiger partial charge in [-0.25, -0.2) is 4.79 Å². The van der Waals surface area contributed by atoms with Gasteiger partial charge in [0.05, 0.1) is 13.2 Å². The summed E-state index contributed by atoms with van der Waals surface area (Å²) in [5, 5.41) is 18.6. The van der Waals surface area contributed by atoms with Gasteiger partial charge in [0.15, 0.2) is 0 Å². The number of hydrogen-bond donors (Lipinski definition) is 2. The summed E-state index contributed by atoms with van der Waals surface area (Å²) >= 11 is 0. The van der Waals surface area contributed by atoms with Crippen LogP contribution < -0.4 is 4.74 Å². The maximum absolute atomic E-state index is 12.1. The van der Waals surface area contributed by atoms with Gasteiger partial charge in [-0.05, 0) is 12.1 Å². The minimum atomic E-state index is -1.11. The highest BCUT2D eigenvalue weighted by Gasteiger charge is 2.37. The first kappa shape index (κ1) is 15.1. The third-order valence-corrected chi connectivity index (χ3v) is 3.39. The SMILES string of the molecule is COc1ccccc1/C=C/C(=O)N1CC(O)C[C@H]1C(=O)O. The molecule has 2 N–H and O–H groups in total. The van der Waals surface area contributed by atoms with Gasteiger partial charge < -0.3 is 19.8 Å². The van der Waals surface area contributed by atoms with Crippen molar-refractivity contribution in [1.29, 1.82) is 0 Å². The van der Waals surface area contributed by atoms with E-state index in [0.29, 0.717) is 5.75 Å². The summed E-state index contributed by atoms with van der Waals surface area (Å²) in [4.78, 5) is 24.4. The smallest absolute Gasteiger partial charge is 0.326 e. The van der Waals surface area contributed by atoms with Crippen LogP contribution >= 0.6 is 0 Å². The number of aliphatic carboxylic acids is 1. The van der Waals surface area contributed by atoms with Crippen LogP contribution in [0.4, 0.5) is 0 Å². The molecule has 1 unspecified atom stereocenters. The molecule has 2 rings (SSSR count). The monoisotopic (exact) mass is 291 g/mol. The molecule has 112 valence electrons. The molecule has 6 nitrogen and oxygen atoms in total. The molecule has 0 aliphatic carbocycles. The highest BCUT2D eigenvalue weighted by Crippen LogP contribution is 2.21. The number of nitrogens with zero attached hydrogens (tertiary/aromatic N) is 1. The minimum absolute atomic E-state index is 0.0338. The Labute approximate surface area is 122 Å². The Morgan fingerprint density at radius 3 is 2.76 bits per heavy atom. The number of para-hydroxylation sites is 1. The zero-order valence-electron chi connectivity index (χ0n) is 11.6. The average molecular weight is 291 g/mol. The highest BCUT2D eigenvalue weighted by atomic mass is 16.5. The number of methoxy groups -OCH3 is 1. The van der Waals surface area contributed by atoms with Gasteiger partial charge in [-0.1, -0.05) is 18.2 Å². The number of carboxylic acid groups (broad SMARTS) is 1. The number of carboxylic acids is 1. The number of benzene rings is 1. The van der Waals surface area contributed by atoms with E-state index in [1.54, 1.807) is 18.2 Å². The van der Waals surface area contributed by atoms with Crippen LogP contribution in [0.15, 0.2) is 30.3 Å². The van der Waals surface area contributed by atoms with Crippen molar-refractivity contribution in [2.24, 2.45) is 0 Å². The van der Waals surface area contributed by atoms with Crippen molar-refractivity contribution in [2.75, 3.05) is 13.7 Å². The number of aliphatic hydroxyl groups is 1. The number of carbonyl (C=O) groups excluding carboxylic acids is 1. The van der Waals surface area contributed by atoms with Gasteiger partial charge in [-0.2, -0.15) is 0 Å². The molecule has 1 aromatic rings. The molecule has 0 aromatic heterocycles. The standard InChI is InChI=1S/C15H17NO5/c1-21-13-5-3-2-4-10(13)6-7-14(18)16-9-11(17)8-12(16)15(19)20/h2-7,11-12,17H,8-9H2,1H3,(H,19,20)/b7-6+/t11?,12-/m0/s1. The highest BCUT2D eigenvalue weighted by molar-refractivity contribution is 5.95. The molecule has 21 heavy (non-hydrogen) atoms. The number of hydrogen-bond acceptors (Lipinski definition) is 4. The van der Waals surface area contributed by atoms with E-state index in [2.05, 4.69) is 0 Å². The third-order valence-electron chi connectivity index (χ3n) is 3.39. The largest absolute Gasteiger partial charge is 0.496 e. The number of amides is 1. The summed E-state index contributed by atoms with van der Waals surface area (Å²) in [5.74, 6) is -0.923. The van der Waals surface area contributed by atoms with Crippen molar-refractivity contribution >= 4 is 18.0 Å². The second-order valence-corrected chi connectivity index (χ2v) is 4.81. The summed E-state index contributed by atoms with van der Waals surface area (Å²) in [6, 6.07) is 6.21. The van der Waals surface area contributed by atoms with Crippen LogP contribution in [-0.2, 0) is 9.59 Å². The predicted octanol–water partition coefficient (Wildman–Crippen LogP) is 0.755. The molecule has 1 amide bonds. The maximum Gasteiger partial charge on any atom is 0.326 e. The Morgan fingerprint density at radius 1 is 1.38 bits per heavy atom. The second-order valence-electron chi connectivity index (χ2n) is 4.81. The molecule has 1 aliphatic heterocycles. The zero-order valence-corrected chi connectivity index (χ0v) is 11.6. The summed E-state index contributed by atoms with van der Waals surface area (Å²) in [6.07, 6.45) is 2.13. The van der Waals surface area contributed by atoms with E-state index in [-0.39, 0.29) is 13.0 Å². The van der Waals surface area contributed by atoms with Crippen LogP contribution in [0.25, 0.3) is 6.08 Å². The molecule has 6 heteroatoms. The fourth-order valence-corrected chi connectivity index (χ4v) is 2.35. The summed E-state index contributed by atoms with van der Waals surface area (Å²) < 4.78 is 5.17. The Balaban J connectivity index is 2.13. The Morgan fingerprint density at radius 2 is 2.10 bits per heavy atom. The number of β-amino-alcohol motifs (C(OH)–C–C–N with tert-alkyl or cyclic N) is 1. The van der Waals surface area contributed by atoms with Crippen molar-refractivity contribution in [1.82, 2.24) is 4.90 Å². The van der Waals surface area contributed by atoms with E-state index >= 15 is 0 Å². The molecule has 0 bridgehead atoms. The van der Waals surface area contributed by atoms with Crippen molar-refractivity contribution in [3.05, 3.63) is 35.9 Å². The van der Waals surface area contributed by atoms with Gasteiger partial charge in [0.25, 0.3) is 0 Å². The quantitative estimate of drug-likeness (QED) is 0.800. The van der Waals surface area contributed by atoms with Crippen molar-refractivity contribution in [3.8, 4) is 5.75 Å². The Kier molecular flexibility index (Phi) is 4.59. The molecule has 1 aromatic carbocycles. The summed E-state index contributed by atoms with van der Waals surface area (Å²) in [5.41, 5.74) is 0.722. The topological polar surface area (TPSA) is 87.1 Å². The Bertz CT molecular complexity index is 569. The van der Waals surface area contributed by atoms with Gasteiger partial charge in [-0.15, -0.1) is 0 Å². The van der Waals surface area contributed by atoms with E-state index in [1.165, 1.54) is 18.1 Å². The van der Waals surface area contributed by atoms with Crippen LogP contribution in [0.3, 0.4) is 0 Å². The van der Waals surface area contributed by atoms with Gasteiger partial charge in [0.1, 0.15) is 11.8 Å². The molecule has 1 aliphatic rings. The van der Waals surface area contributed by atoms with Crippen molar-refractivity contribution in [3.63, 3.8) is 0 Å². The molecule has 1 saturated heterocycles. The molecular formula is C15H17NO5. The van der Waals surface area contributed by atoms with Crippen LogP contribution in [0.2, 0.25) is 0 Å². The maximum atomic E-state index is 12.1. The number of ether oxygens (including phenoxy) is 1. The van der Waals surface area contributed by atoms with Gasteiger partial charge >= 0.3 is 5.97 Å². The second kappa shape index (κ2) is 6.41. The van der Waals surface area contributed by atoms with Gasteiger partial charge in [-0.3, -0.25) is 4.79 Å². The van der Waals surface area contributed by atoms with Crippen LogP contribution in [0, 0.1) is 0 Å². The molecule has 0 saturated carbocycles. The molecule has 1 fully saturated rings. The first-order valence-corrected chi connectivity index (χ1v) is 6.55. The average Bonchev–Trinajstić information content (AvgIpc) is 2.87. The van der Waals surface area contributed by atoms with Crippen LogP contribution in [-0.4, -0.2) is 52.8 Å². The number of rotatable bonds is 4. The molecule has 2 atom stereocenters. The molecule has 1 heterocycles. The predicted molar refractivity (Wildman–Crippen MR) is 75.8 cm³/mol. The number of carbonyl (C=O) groups is 2. The Hall–Kier alpha value is -2.34. The third kappa shape index (κ3) is 3.41. The lowest BCUT2D eigenvalue weighted by atomic mass is 10.2. The van der Waals surface area contributed by atoms with E-state index in [9.17, 15) is 14.7 Å². The molecular weight excluding hydrogens is 274 g/mol. The lowest BCUT2D eigenvalue weighted by Crippen LogP contribution is -2.39. The lowest BCUT2D eigenvalue weighted by Gasteiger charge is -2.19. The summed E-state index contributed by atoms with van der Waals surface area (Å²) in [6.45, 7) is 0.0338. The van der Waals surface area contributed by atoms with Crippen LogP contribution in [0.5, 0.6) is 5.75 Å². The van der Waals surface area contributed by atoms with Gasteiger partial charge in [0, 0.05) is 24.6 Å². The fraction of sp³-hybridized carbons (Fsp3) is 0.333. The van der Waals surface area contributed by atoms with Crippen molar-refractivity contribution in [2.45, 2.75) is 18.6 Å². The van der Waals surface area contributed by atoms with E-state index < -0.39 is 24.0 Å².